The van der Waals surface area contributed by atoms with Gasteiger partial charge in [0.1, 0.15) is 11.9 Å². The van der Waals surface area contributed by atoms with Gasteiger partial charge in [0.15, 0.2) is 0 Å². The Hall–Kier alpha value is -3.11. The smallest absolute Gasteiger partial charge is 0.310 e. The second-order valence-corrected chi connectivity index (χ2v) is 6.61. The van der Waals surface area contributed by atoms with E-state index < -0.39 is 17.7 Å². The van der Waals surface area contributed by atoms with Gasteiger partial charge < -0.3 is 21.5 Å². The summed E-state index contributed by atoms with van der Waals surface area (Å²) in [6, 6.07) is 11.9. The minimum Gasteiger partial charge on any atom is -0.481 e. The van der Waals surface area contributed by atoms with Crippen LogP contribution in [0.5, 0.6) is 0 Å². The molecule has 0 saturated heterocycles. The molecule has 0 aliphatic rings. The van der Waals surface area contributed by atoms with E-state index in [4.69, 9.17) is 16.1 Å². The normalized spacial score (nSPS) is 11.6. The topological polar surface area (TPSA) is 111 Å². The lowest BCUT2D eigenvalue weighted by Gasteiger charge is -2.11. The standard InChI is InChI=1S/C21H25FN4O2/c1-14(21(27)28)16-5-2-4-15(10-16)6-9-25-7-3-8-26-19-12-18(22)11-17(13-23)20(19)24/h2,4-5,10-12,14,25-26H,3,6-9,24H2,1H3,(H,27,28). The lowest BCUT2D eigenvalue weighted by Crippen LogP contribution is -2.21. The summed E-state index contributed by atoms with van der Waals surface area (Å²) in [4.78, 5) is 11.1. The number of aliphatic carboxylic acids is 1. The van der Waals surface area contributed by atoms with Gasteiger partial charge in [-0.25, -0.2) is 4.39 Å². The molecule has 2 aromatic carbocycles. The summed E-state index contributed by atoms with van der Waals surface area (Å²) >= 11 is 0. The zero-order valence-electron chi connectivity index (χ0n) is 15.8. The Morgan fingerprint density at radius 3 is 2.79 bits per heavy atom. The molecule has 6 nitrogen and oxygen atoms in total. The molecule has 2 rings (SSSR count). The molecule has 148 valence electrons. The van der Waals surface area contributed by atoms with Crippen LogP contribution in [0.4, 0.5) is 15.8 Å². The lowest BCUT2D eigenvalue weighted by atomic mass is 9.98. The molecule has 0 amide bonds. The first-order valence-corrected chi connectivity index (χ1v) is 9.17. The van der Waals surface area contributed by atoms with Crippen molar-refractivity contribution >= 4 is 17.3 Å². The van der Waals surface area contributed by atoms with Crippen molar-refractivity contribution in [2.24, 2.45) is 0 Å². The molecule has 0 heterocycles. The van der Waals surface area contributed by atoms with Gasteiger partial charge in [0.05, 0.1) is 22.9 Å². The average molecular weight is 384 g/mol. The lowest BCUT2D eigenvalue weighted by molar-refractivity contribution is -0.138. The SMILES string of the molecule is CC(C(=O)O)c1cccc(CCNCCCNc2cc(F)cc(C#N)c2N)c1. The number of nitrogens with zero attached hydrogens (tertiary/aromatic N) is 1. The van der Waals surface area contributed by atoms with E-state index in [0.717, 1.165) is 43.1 Å². The summed E-state index contributed by atoms with van der Waals surface area (Å²) in [6.07, 6.45) is 1.60. The number of nitrogens with one attached hydrogen (secondary N) is 2. The van der Waals surface area contributed by atoms with Crippen molar-refractivity contribution in [1.82, 2.24) is 5.32 Å². The first kappa shape index (κ1) is 21.2. The molecule has 5 N–H and O–H groups in total. The van der Waals surface area contributed by atoms with Crippen molar-refractivity contribution in [1.29, 1.82) is 5.26 Å². The minimum atomic E-state index is -0.830. The van der Waals surface area contributed by atoms with Crippen LogP contribution < -0.4 is 16.4 Å². The maximum atomic E-state index is 13.5. The van der Waals surface area contributed by atoms with E-state index in [9.17, 15) is 9.18 Å². The number of nitrogen functional groups attached to an aromatic ring is 1. The van der Waals surface area contributed by atoms with E-state index in [1.807, 2.05) is 30.3 Å². The summed E-state index contributed by atoms with van der Waals surface area (Å²) in [5.74, 6) is -1.84. The molecular weight excluding hydrogens is 359 g/mol. The predicted molar refractivity (Wildman–Crippen MR) is 108 cm³/mol. The Bertz CT molecular complexity index is 864. The van der Waals surface area contributed by atoms with Crippen molar-refractivity contribution in [2.75, 3.05) is 30.7 Å². The van der Waals surface area contributed by atoms with E-state index in [1.54, 1.807) is 6.92 Å². The fourth-order valence-corrected chi connectivity index (χ4v) is 2.81. The highest BCUT2D eigenvalue weighted by Gasteiger charge is 2.13. The van der Waals surface area contributed by atoms with Gasteiger partial charge in [-0.2, -0.15) is 5.26 Å². The summed E-state index contributed by atoms with van der Waals surface area (Å²) in [6.45, 7) is 3.80. The van der Waals surface area contributed by atoms with Crippen molar-refractivity contribution in [3.63, 3.8) is 0 Å². The molecule has 0 aromatic heterocycles. The highest BCUT2D eigenvalue weighted by molar-refractivity contribution is 5.75. The van der Waals surface area contributed by atoms with Crippen LogP contribution in [0.2, 0.25) is 0 Å². The van der Waals surface area contributed by atoms with Crippen molar-refractivity contribution in [3.8, 4) is 6.07 Å². The van der Waals surface area contributed by atoms with Gasteiger partial charge in [0.25, 0.3) is 0 Å². The molecule has 0 fully saturated rings. The van der Waals surface area contributed by atoms with Crippen LogP contribution in [0.1, 0.15) is 36.0 Å². The van der Waals surface area contributed by atoms with Crippen LogP contribution in [-0.4, -0.2) is 30.7 Å². The maximum absolute atomic E-state index is 13.5. The van der Waals surface area contributed by atoms with Gasteiger partial charge >= 0.3 is 5.97 Å². The third-order valence-electron chi connectivity index (χ3n) is 4.52. The molecule has 1 unspecified atom stereocenters. The van der Waals surface area contributed by atoms with Gasteiger partial charge in [0.2, 0.25) is 0 Å². The predicted octanol–water partition coefficient (Wildman–Crippen LogP) is 3.10. The van der Waals surface area contributed by atoms with Gasteiger partial charge in [-0.05, 0) is 56.1 Å². The molecule has 28 heavy (non-hydrogen) atoms. The Kier molecular flexibility index (Phi) is 7.78. The molecule has 7 heteroatoms. The second-order valence-electron chi connectivity index (χ2n) is 6.61. The monoisotopic (exact) mass is 384 g/mol. The first-order valence-electron chi connectivity index (χ1n) is 9.17. The number of nitrogens with two attached hydrogens (primary N) is 1. The Morgan fingerprint density at radius 2 is 2.07 bits per heavy atom. The third-order valence-corrected chi connectivity index (χ3v) is 4.52. The Balaban J connectivity index is 1.71. The van der Waals surface area contributed by atoms with Crippen LogP contribution in [0.15, 0.2) is 36.4 Å². The molecule has 0 radical (unpaired) electrons. The molecule has 1 atom stereocenters. The highest BCUT2D eigenvalue weighted by Crippen LogP contribution is 2.24. The van der Waals surface area contributed by atoms with Gasteiger partial charge in [-0.1, -0.05) is 24.3 Å². The maximum Gasteiger partial charge on any atom is 0.310 e. The van der Waals surface area contributed by atoms with Crippen LogP contribution in [0, 0.1) is 17.1 Å². The quantitative estimate of drug-likeness (QED) is 0.370. The zero-order chi connectivity index (χ0) is 20.5. The summed E-state index contributed by atoms with van der Waals surface area (Å²) in [7, 11) is 0. The summed E-state index contributed by atoms with van der Waals surface area (Å²) < 4.78 is 13.5. The van der Waals surface area contributed by atoms with Gasteiger partial charge in [-0.15, -0.1) is 0 Å². The van der Waals surface area contributed by atoms with E-state index in [1.165, 1.54) is 6.07 Å². The van der Waals surface area contributed by atoms with Gasteiger partial charge in [-0.3, -0.25) is 4.79 Å². The number of halogens is 1. The first-order chi connectivity index (χ1) is 13.4. The number of carbonyl (C=O) groups is 1. The number of hydrogen-bond donors (Lipinski definition) is 4. The van der Waals surface area contributed by atoms with E-state index in [-0.39, 0.29) is 11.3 Å². The minimum absolute atomic E-state index is 0.125. The van der Waals surface area contributed by atoms with Crippen molar-refractivity contribution in [3.05, 3.63) is 58.9 Å². The fraction of sp³-hybridized carbons (Fsp3) is 0.333. The number of carboxylic acid groups (broad SMARTS) is 1. The van der Waals surface area contributed by atoms with E-state index >= 15 is 0 Å². The Labute approximate surface area is 164 Å². The molecule has 2 aromatic rings. The molecule has 0 bridgehead atoms. The fourth-order valence-electron chi connectivity index (χ4n) is 2.81. The number of rotatable bonds is 10. The number of benzene rings is 2. The summed E-state index contributed by atoms with van der Waals surface area (Å²) in [5.41, 5.74) is 8.55. The molecular formula is C21H25FN4O2. The molecule has 0 spiro atoms. The third kappa shape index (κ3) is 5.96. The molecule has 0 aliphatic carbocycles. The second kappa shape index (κ2) is 10.3. The van der Waals surface area contributed by atoms with Crippen molar-refractivity contribution in [2.45, 2.75) is 25.7 Å². The highest BCUT2D eigenvalue weighted by atomic mass is 19.1. The number of carboxylic acids is 1. The van der Waals surface area contributed by atoms with Crippen LogP contribution in [0.25, 0.3) is 0 Å². The average Bonchev–Trinajstić information content (AvgIpc) is 2.68. The van der Waals surface area contributed by atoms with E-state index in [2.05, 4.69) is 10.6 Å². The van der Waals surface area contributed by atoms with Crippen LogP contribution >= 0.6 is 0 Å². The molecule has 0 saturated carbocycles. The largest absolute Gasteiger partial charge is 0.481 e. The van der Waals surface area contributed by atoms with Gasteiger partial charge in [0, 0.05) is 6.54 Å². The summed E-state index contributed by atoms with van der Waals surface area (Å²) in [5, 5.41) is 24.4. The number of nitriles is 1. The molecule has 0 aliphatic heterocycles. The van der Waals surface area contributed by atoms with Crippen LogP contribution in [0.3, 0.4) is 0 Å². The zero-order valence-corrected chi connectivity index (χ0v) is 15.8. The number of anilines is 2. The van der Waals surface area contributed by atoms with Crippen molar-refractivity contribution < 1.29 is 14.3 Å². The van der Waals surface area contributed by atoms with E-state index in [0.29, 0.717) is 12.2 Å². The van der Waals surface area contributed by atoms with Crippen LogP contribution in [-0.2, 0) is 11.2 Å². The number of hydrogen-bond acceptors (Lipinski definition) is 5. The Morgan fingerprint density at radius 1 is 1.29 bits per heavy atom.